The third-order valence-corrected chi connectivity index (χ3v) is 3.33. The molecule has 1 heterocycles. The van der Waals surface area contributed by atoms with Crippen molar-refractivity contribution in [3.8, 4) is 0 Å². The van der Waals surface area contributed by atoms with Crippen molar-refractivity contribution in [3.05, 3.63) is 16.6 Å². The van der Waals surface area contributed by atoms with E-state index in [9.17, 15) is 0 Å². The largest absolute Gasteiger partial charge is 0.370 e. The molecule has 0 spiro atoms. The molecule has 0 aliphatic rings. The monoisotopic (exact) mass is 273 g/mol. The summed E-state index contributed by atoms with van der Waals surface area (Å²) in [6, 6.07) is 0. The Morgan fingerprint density at radius 2 is 2.50 bits per heavy atom. The quantitative estimate of drug-likeness (QED) is 0.352. The minimum Gasteiger partial charge on any atom is -0.370 e. The van der Waals surface area contributed by atoms with Crippen LogP contribution in [0.1, 0.15) is 11.1 Å². The first-order chi connectivity index (χ1) is 7.74. The van der Waals surface area contributed by atoms with E-state index in [-0.39, 0.29) is 11.3 Å². The highest BCUT2D eigenvalue weighted by Gasteiger charge is 2.12. The highest BCUT2D eigenvalue weighted by molar-refractivity contribution is 7.99. The minimum absolute atomic E-state index is 0.0591. The molecule has 1 unspecified atom stereocenters. The van der Waals surface area contributed by atoms with Gasteiger partial charge in [-0.2, -0.15) is 0 Å². The van der Waals surface area contributed by atoms with Gasteiger partial charge in [-0.15, -0.1) is 23.1 Å². The van der Waals surface area contributed by atoms with Crippen LogP contribution in [-0.2, 0) is 0 Å². The van der Waals surface area contributed by atoms with Crippen molar-refractivity contribution in [1.29, 1.82) is 0 Å². The predicted molar refractivity (Wildman–Crippen MR) is 73.0 cm³/mol. The van der Waals surface area contributed by atoms with Gasteiger partial charge in [0.1, 0.15) is 5.37 Å². The topological polar surface area (TPSA) is 89.7 Å². The number of hydrogen-bond acceptors (Lipinski definition) is 6. The first kappa shape index (κ1) is 13.1. The lowest BCUT2D eigenvalue weighted by molar-refractivity contribution is 0.967. The molecule has 4 N–H and O–H groups in total. The zero-order valence-corrected chi connectivity index (χ0v) is 10.8. The van der Waals surface area contributed by atoms with Gasteiger partial charge in [-0.05, 0) is 12.2 Å². The van der Waals surface area contributed by atoms with E-state index in [1.165, 1.54) is 11.3 Å². The van der Waals surface area contributed by atoms with Crippen LogP contribution in [0.15, 0.2) is 20.9 Å². The zero-order chi connectivity index (χ0) is 11.8. The molecule has 0 radical (unpaired) electrons. The number of guanidine groups is 1. The predicted octanol–water partition coefficient (Wildman–Crippen LogP) is 1.25. The molecule has 1 atom stereocenters. The lowest BCUT2D eigenvalue weighted by Gasteiger charge is -2.08. The Kier molecular flexibility index (Phi) is 6.02. The number of aromatic nitrogens is 1. The van der Waals surface area contributed by atoms with Gasteiger partial charge in [-0.25, -0.2) is 15.0 Å². The fraction of sp³-hybridized carbons (Fsp3) is 0.375. The first-order valence-electron chi connectivity index (χ1n) is 4.36. The number of rotatable bonds is 6. The Labute approximate surface area is 107 Å². The van der Waals surface area contributed by atoms with Crippen LogP contribution in [0, 0.1) is 0 Å². The Balaban J connectivity index is 2.58. The Bertz CT molecular complexity index is 378. The molecule has 1 rings (SSSR count). The van der Waals surface area contributed by atoms with E-state index in [2.05, 4.69) is 32.3 Å². The standard InChI is InChI=1S/C8H11N5S3/c9-8(10)13-7(6-3-15-5-12-6)16-2-1-11-4-14/h3,5,7H,1-2H2,(H4,9,10,13). The Morgan fingerprint density at radius 1 is 1.69 bits per heavy atom. The number of thiocarbonyl (C=S) groups is 1. The molecule has 0 aliphatic heterocycles. The third-order valence-electron chi connectivity index (χ3n) is 1.51. The second-order valence-electron chi connectivity index (χ2n) is 2.66. The number of nitrogens with zero attached hydrogens (tertiary/aromatic N) is 3. The van der Waals surface area contributed by atoms with Gasteiger partial charge in [0.15, 0.2) is 5.96 Å². The lowest BCUT2D eigenvalue weighted by atomic mass is 10.5. The molecule has 1 aromatic heterocycles. The van der Waals surface area contributed by atoms with Gasteiger partial charge in [0.25, 0.3) is 0 Å². The van der Waals surface area contributed by atoms with E-state index >= 15 is 0 Å². The number of aliphatic imine (C=N–C) groups is 2. The van der Waals surface area contributed by atoms with E-state index in [1.807, 2.05) is 5.38 Å². The summed E-state index contributed by atoms with van der Waals surface area (Å²) in [4.78, 5) is 12.1. The maximum atomic E-state index is 5.37. The van der Waals surface area contributed by atoms with Crippen LogP contribution in [-0.4, -0.2) is 28.4 Å². The highest BCUT2D eigenvalue weighted by atomic mass is 32.2. The van der Waals surface area contributed by atoms with Gasteiger partial charge in [0.2, 0.25) is 0 Å². The maximum absolute atomic E-state index is 5.37. The van der Waals surface area contributed by atoms with E-state index in [0.29, 0.717) is 6.54 Å². The fourth-order valence-electron chi connectivity index (χ4n) is 0.924. The number of isothiocyanates is 1. The zero-order valence-electron chi connectivity index (χ0n) is 8.37. The lowest BCUT2D eigenvalue weighted by Crippen LogP contribution is -2.23. The Morgan fingerprint density at radius 3 is 3.06 bits per heavy atom. The number of nitrogens with two attached hydrogens (primary N) is 2. The van der Waals surface area contributed by atoms with Crippen LogP contribution in [0.5, 0.6) is 0 Å². The second kappa shape index (κ2) is 7.34. The molecule has 0 bridgehead atoms. The Hall–Kier alpha value is -0.950. The van der Waals surface area contributed by atoms with Crippen molar-refractivity contribution < 1.29 is 0 Å². The summed E-state index contributed by atoms with van der Waals surface area (Å²) in [7, 11) is 0. The van der Waals surface area contributed by atoms with Crippen LogP contribution in [0.3, 0.4) is 0 Å². The molecule has 0 amide bonds. The smallest absolute Gasteiger partial charge is 0.187 e. The van der Waals surface area contributed by atoms with Crippen LogP contribution >= 0.6 is 35.3 Å². The molecular formula is C8H11N5S3. The molecule has 16 heavy (non-hydrogen) atoms. The molecular weight excluding hydrogens is 262 g/mol. The highest BCUT2D eigenvalue weighted by Crippen LogP contribution is 2.29. The van der Waals surface area contributed by atoms with Gasteiger partial charge in [-0.1, -0.05) is 0 Å². The van der Waals surface area contributed by atoms with Crippen LogP contribution < -0.4 is 11.5 Å². The van der Waals surface area contributed by atoms with Gasteiger partial charge in [0, 0.05) is 11.1 Å². The molecule has 0 aromatic carbocycles. The molecule has 86 valence electrons. The van der Waals surface area contributed by atoms with Crippen LogP contribution in [0.4, 0.5) is 0 Å². The molecule has 1 aromatic rings. The van der Waals surface area contributed by atoms with Crippen molar-refractivity contribution in [2.24, 2.45) is 21.5 Å². The van der Waals surface area contributed by atoms with Crippen molar-refractivity contribution in [2.45, 2.75) is 5.37 Å². The van der Waals surface area contributed by atoms with Crippen molar-refractivity contribution in [1.82, 2.24) is 4.98 Å². The van der Waals surface area contributed by atoms with Gasteiger partial charge < -0.3 is 11.5 Å². The van der Waals surface area contributed by atoms with Gasteiger partial charge in [-0.3, -0.25) is 0 Å². The van der Waals surface area contributed by atoms with E-state index < -0.39 is 0 Å². The van der Waals surface area contributed by atoms with E-state index in [1.54, 1.807) is 17.3 Å². The van der Waals surface area contributed by atoms with Gasteiger partial charge >= 0.3 is 0 Å². The molecule has 0 saturated heterocycles. The summed E-state index contributed by atoms with van der Waals surface area (Å²) in [5, 5.41) is 4.07. The number of thiazole rings is 1. The summed E-state index contributed by atoms with van der Waals surface area (Å²) < 4.78 is 0. The average molecular weight is 273 g/mol. The molecule has 0 fully saturated rings. The summed E-state index contributed by atoms with van der Waals surface area (Å²) in [6.45, 7) is 0.606. The summed E-state index contributed by atoms with van der Waals surface area (Å²) >= 11 is 7.55. The van der Waals surface area contributed by atoms with Crippen LogP contribution in [0.2, 0.25) is 0 Å². The SMILES string of the molecule is NC(N)=NC(SCCN=C=S)c1cscn1. The normalized spacial score (nSPS) is 11.5. The fourth-order valence-corrected chi connectivity index (χ4v) is 2.59. The third kappa shape index (κ3) is 4.71. The number of hydrogen-bond donors (Lipinski definition) is 2. The van der Waals surface area contributed by atoms with Crippen LogP contribution in [0.25, 0.3) is 0 Å². The van der Waals surface area contributed by atoms with Crippen molar-refractivity contribution >= 4 is 46.4 Å². The van der Waals surface area contributed by atoms with Crippen molar-refractivity contribution in [3.63, 3.8) is 0 Å². The first-order valence-corrected chi connectivity index (χ1v) is 6.76. The van der Waals surface area contributed by atoms with Gasteiger partial charge in [0.05, 0.1) is 22.9 Å². The van der Waals surface area contributed by atoms with Crippen molar-refractivity contribution in [2.75, 3.05) is 12.3 Å². The molecule has 5 nitrogen and oxygen atoms in total. The maximum Gasteiger partial charge on any atom is 0.187 e. The number of thioether (sulfide) groups is 1. The second-order valence-corrected chi connectivity index (χ2v) is 4.75. The summed E-state index contributed by atoms with van der Waals surface area (Å²) in [6.07, 6.45) is 0. The molecule has 0 aliphatic carbocycles. The minimum atomic E-state index is -0.170. The molecule has 8 heteroatoms. The molecule has 0 saturated carbocycles. The summed E-state index contributed by atoms with van der Waals surface area (Å²) in [5.41, 5.74) is 13.3. The average Bonchev–Trinajstić information content (AvgIpc) is 2.75. The van der Waals surface area contributed by atoms with E-state index in [4.69, 9.17) is 11.5 Å². The van der Waals surface area contributed by atoms with E-state index in [0.717, 1.165) is 11.4 Å². The summed E-state index contributed by atoms with van der Waals surface area (Å²) in [5.74, 6) is 0.826.